The van der Waals surface area contributed by atoms with Crippen LogP contribution in [-0.2, 0) is 45.5 Å². The highest BCUT2D eigenvalue weighted by Crippen LogP contribution is 2.43. The molecule has 1 aromatic heterocycles. The monoisotopic (exact) mass is 809 g/mol. The Morgan fingerprint density at radius 3 is 1.95 bits per heavy atom. The maximum atomic E-state index is 12.6. The Balaban J connectivity index is 2.39. The third-order valence-corrected chi connectivity index (χ3v) is 10.1. The number of hydrogen-bond acceptors (Lipinski definition) is 11. The summed E-state index contributed by atoms with van der Waals surface area (Å²) in [5.74, 6) is 1.10. The van der Waals surface area contributed by atoms with Crippen molar-refractivity contribution in [3.8, 4) is 0 Å². The average molecular weight is 810 g/mol. The van der Waals surface area contributed by atoms with Gasteiger partial charge in [0.05, 0.1) is 25.4 Å². The van der Waals surface area contributed by atoms with Gasteiger partial charge in [-0.05, 0) is 69.9 Å². The molecule has 0 fully saturated rings. The zero-order chi connectivity index (χ0) is 41.4. The molecule has 13 heteroatoms. The summed E-state index contributed by atoms with van der Waals surface area (Å²) in [5, 5.41) is 20.1. The number of rotatable bonds is 34. The Labute approximate surface area is 336 Å². The molecule has 0 aromatic carbocycles. The van der Waals surface area contributed by atoms with Gasteiger partial charge in [-0.25, -0.2) is 4.57 Å². The molecule has 5 N–H and O–H groups in total. The predicted molar refractivity (Wildman–Crippen MR) is 221 cm³/mol. The molecule has 1 unspecified atom stereocenters. The van der Waals surface area contributed by atoms with Crippen LogP contribution in [0.3, 0.4) is 0 Å². The maximum Gasteiger partial charge on any atom is 0.472 e. The van der Waals surface area contributed by atoms with Crippen molar-refractivity contribution in [3.05, 3.63) is 71.3 Å². The Kier molecular flexibility index (Phi) is 29.4. The first kappa shape index (κ1) is 51.2. The number of phosphoric acid groups is 1. The zero-order valence-electron chi connectivity index (χ0n) is 34.5. The van der Waals surface area contributed by atoms with Crippen LogP contribution in [-0.4, -0.2) is 71.7 Å². The number of aryl methyl sites for hydroxylation is 2. The molecule has 320 valence electrons. The van der Waals surface area contributed by atoms with Crippen molar-refractivity contribution in [2.75, 3.05) is 26.4 Å². The van der Waals surface area contributed by atoms with E-state index in [1.54, 1.807) is 18.2 Å². The first-order valence-electron chi connectivity index (χ1n) is 20.7. The number of nitrogens with two attached hydrogens (primary N) is 1. The molecule has 0 aliphatic rings. The number of phosphoric ester groups is 1. The third-order valence-electron chi connectivity index (χ3n) is 9.10. The molecule has 56 heavy (non-hydrogen) atoms. The summed E-state index contributed by atoms with van der Waals surface area (Å²) >= 11 is 0. The molecule has 0 amide bonds. The number of allylic oxidation sites excluding steroid dienone is 6. The second-order valence-electron chi connectivity index (χ2n) is 14.1. The zero-order valence-corrected chi connectivity index (χ0v) is 35.4. The van der Waals surface area contributed by atoms with Crippen LogP contribution < -0.4 is 5.73 Å². The van der Waals surface area contributed by atoms with Crippen LogP contribution in [0.5, 0.6) is 0 Å². The van der Waals surface area contributed by atoms with Crippen LogP contribution in [0.2, 0.25) is 0 Å². The van der Waals surface area contributed by atoms with Gasteiger partial charge >= 0.3 is 19.8 Å². The van der Waals surface area contributed by atoms with Gasteiger partial charge in [0, 0.05) is 32.2 Å². The Bertz CT molecular complexity index is 1370. The summed E-state index contributed by atoms with van der Waals surface area (Å²) in [6, 6.07) is 0. The molecule has 1 aromatic rings. The van der Waals surface area contributed by atoms with E-state index in [1.807, 2.05) is 30.4 Å². The molecule has 1 rings (SSSR count). The van der Waals surface area contributed by atoms with Crippen LogP contribution in [0.25, 0.3) is 0 Å². The van der Waals surface area contributed by atoms with Gasteiger partial charge < -0.3 is 34.7 Å². The van der Waals surface area contributed by atoms with Crippen LogP contribution >= 0.6 is 7.82 Å². The van der Waals surface area contributed by atoms with E-state index in [9.17, 15) is 29.3 Å². The number of esters is 2. The van der Waals surface area contributed by atoms with Gasteiger partial charge in [-0.3, -0.25) is 18.6 Å². The minimum absolute atomic E-state index is 0.0103. The third kappa shape index (κ3) is 26.2. The molecule has 0 spiro atoms. The van der Waals surface area contributed by atoms with Crippen LogP contribution in [0.4, 0.5) is 0 Å². The molecule has 0 saturated carbocycles. The van der Waals surface area contributed by atoms with E-state index < -0.39 is 44.7 Å². The van der Waals surface area contributed by atoms with Crippen molar-refractivity contribution in [1.82, 2.24) is 0 Å². The largest absolute Gasteiger partial charge is 0.472 e. The minimum Gasteiger partial charge on any atom is -0.466 e. The van der Waals surface area contributed by atoms with Gasteiger partial charge in [0.15, 0.2) is 6.10 Å². The van der Waals surface area contributed by atoms with Crippen molar-refractivity contribution in [2.24, 2.45) is 5.73 Å². The smallest absolute Gasteiger partial charge is 0.466 e. The highest BCUT2D eigenvalue weighted by molar-refractivity contribution is 7.47. The normalized spacial score (nSPS) is 14.9. The summed E-state index contributed by atoms with van der Waals surface area (Å²) in [4.78, 5) is 34.9. The van der Waals surface area contributed by atoms with E-state index in [4.69, 9.17) is 28.7 Å². The molecular weight excluding hydrogens is 737 g/mol. The number of carbonyl (C=O) groups excluding carboxylic acids is 2. The SMILES string of the molecule is CCCCC[C@H](O)/C=C/C=C\C/C=C\C=C\[C@H](O)CCCC(=O)OC[C@H](COP(=O)(O)OCCN)OC(=O)CCCCCCCCc1oc(CCC)c(C)c1C. The highest BCUT2D eigenvalue weighted by Gasteiger charge is 2.26. The Hall–Kier alpha value is -2.83. The highest BCUT2D eigenvalue weighted by atomic mass is 31.2. The van der Waals surface area contributed by atoms with Gasteiger partial charge in [-0.1, -0.05) is 107 Å². The van der Waals surface area contributed by atoms with Crippen molar-refractivity contribution in [1.29, 1.82) is 0 Å². The van der Waals surface area contributed by atoms with Crippen molar-refractivity contribution >= 4 is 19.8 Å². The first-order valence-corrected chi connectivity index (χ1v) is 22.2. The van der Waals surface area contributed by atoms with E-state index in [-0.39, 0.29) is 32.6 Å². The number of aliphatic hydroxyl groups is 2. The number of carbonyl (C=O) groups is 2. The Morgan fingerprint density at radius 1 is 0.732 bits per heavy atom. The van der Waals surface area contributed by atoms with Gasteiger partial charge in [0.2, 0.25) is 0 Å². The minimum atomic E-state index is -4.45. The van der Waals surface area contributed by atoms with E-state index in [2.05, 4.69) is 27.7 Å². The summed E-state index contributed by atoms with van der Waals surface area (Å²) in [6.07, 6.45) is 26.5. The Morgan fingerprint density at radius 2 is 1.32 bits per heavy atom. The standard InChI is InChI=1S/C43H72NO11P/c1-5-7-17-24-37(45)25-18-13-9-8-10-14-19-26-38(46)27-22-30-42(47)51-33-39(34-53-56(49,50)52-32-31-44)54-43(48)29-21-16-12-11-15-20-28-41-36(4)35(3)40(55-41)23-6-2/h9-10,13-14,18-19,25-26,37-39,45-46H,5-8,11-12,15-17,20-24,27-34,44H2,1-4H3,(H,49,50)/b13-9-,14-10-,25-18+,26-19+/t37-,38-,39+/m0/s1. The average Bonchev–Trinajstić information content (AvgIpc) is 3.43. The van der Waals surface area contributed by atoms with Gasteiger partial charge in [-0.15, -0.1) is 0 Å². The van der Waals surface area contributed by atoms with E-state index in [0.29, 0.717) is 25.7 Å². The van der Waals surface area contributed by atoms with Crippen LogP contribution in [0, 0.1) is 13.8 Å². The quantitative estimate of drug-likeness (QED) is 0.0225. The molecule has 0 aliphatic heterocycles. The fourth-order valence-corrected chi connectivity index (χ4v) is 6.48. The molecule has 4 atom stereocenters. The number of ether oxygens (including phenoxy) is 2. The lowest BCUT2D eigenvalue weighted by Crippen LogP contribution is -2.29. The fraction of sp³-hybridized carbons (Fsp3) is 0.674. The van der Waals surface area contributed by atoms with E-state index >= 15 is 0 Å². The lowest BCUT2D eigenvalue weighted by Gasteiger charge is -2.20. The molecule has 0 aliphatic carbocycles. The number of furan rings is 1. The number of unbranched alkanes of at least 4 members (excludes halogenated alkanes) is 7. The van der Waals surface area contributed by atoms with Crippen molar-refractivity contribution in [2.45, 2.75) is 162 Å². The number of aliphatic hydroxyl groups excluding tert-OH is 2. The second-order valence-corrected chi connectivity index (χ2v) is 15.6. The molecule has 1 heterocycles. The molecule has 0 radical (unpaired) electrons. The first-order chi connectivity index (χ1) is 26.9. The lowest BCUT2D eigenvalue weighted by molar-refractivity contribution is -0.161. The van der Waals surface area contributed by atoms with E-state index in [1.165, 1.54) is 11.1 Å². The summed E-state index contributed by atoms with van der Waals surface area (Å²) < 4.78 is 38.7. The number of hydrogen-bond donors (Lipinski definition) is 4. The molecule has 0 saturated heterocycles. The van der Waals surface area contributed by atoms with Gasteiger partial charge in [-0.2, -0.15) is 0 Å². The van der Waals surface area contributed by atoms with Crippen LogP contribution in [0.1, 0.15) is 139 Å². The van der Waals surface area contributed by atoms with E-state index in [0.717, 1.165) is 88.6 Å². The van der Waals surface area contributed by atoms with Crippen molar-refractivity contribution < 1.29 is 52.2 Å². The predicted octanol–water partition coefficient (Wildman–Crippen LogP) is 8.76. The summed E-state index contributed by atoms with van der Waals surface area (Å²) in [6.45, 7) is 7.47. The molecule has 12 nitrogen and oxygen atoms in total. The fourth-order valence-electron chi connectivity index (χ4n) is 5.72. The molecular formula is C43H72NO11P. The maximum absolute atomic E-state index is 12.6. The lowest BCUT2D eigenvalue weighted by atomic mass is 10.0. The van der Waals surface area contributed by atoms with Gasteiger partial charge in [0.1, 0.15) is 18.1 Å². The van der Waals surface area contributed by atoms with Crippen molar-refractivity contribution in [3.63, 3.8) is 0 Å². The molecule has 0 bridgehead atoms. The van der Waals surface area contributed by atoms with Gasteiger partial charge in [0.25, 0.3) is 0 Å². The summed E-state index contributed by atoms with van der Waals surface area (Å²) in [7, 11) is -4.45. The topological polar surface area (TPSA) is 188 Å². The van der Waals surface area contributed by atoms with Crippen LogP contribution in [0.15, 0.2) is 53.0 Å². The summed E-state index contributed by atoms with van der Waals surface area (Å²) in [5.41, 5.74) is 7.86. The second kappa shape index (κ2) is 32.2.